The molecule has 2 nitrogen and oxygen atoms in total. The minimum absolute atomic E-state index is 0.134. The summed E-state index contributed by atoms with van der Waals surface area (Å²) < 4.78 is 0. The Morgan fingerprint density at radius 3 is 2.32 bits per heavy atom. The summed E-state index contributed by atoms with van der Waals surface area (Å²) in [6.07, 6.45) is 18.9. The Labute approximate surface area is 234 Å². The number of nitrogens with two attached hydrogens (primary N) is 2. The fourth-order valence-corrected chi connectivity index (χ4v) is 11.0. The minimum atomic E-state index is 0.134. The fraction of sp³-hybridized carbons (Fsp3) is 0.722. The lowest BCUT2D eigenvalue weighted by molar-refractivity contribution is -0.0617. The molecule has 38 heavy (non-hydrogen) atoms. The third kappa shape index (κ3) is 4.46. The number of fused-ring (bicyclic) bond motifs is 5. The molecule has 4 N–H and O–H groups in total. The Bertz CT molecular complexity index is 1070. The minimum Gasteiger partial charge on any atom is -0.399 e. The highest BCUT2D eigenvalue weighted by atomic mass is 14.7. The first kappa shape index (κ1) is 27.9. The van der Waals surface area contributed by atoms with Gasteiger partial charge in [-0.05, 0) is 147 Å². The molecule has 0 heterocycles. The van der Waals surface area contributed by atoms with Crippen molar-refractivity contribution in [1.29, 1.82) is 0 Å². The van der Waals surface area contributed by atoms with Gasteiger partial charge >= 0.3 is 0 Å². The van der Waals surface area contributed by atoms with Crippen molar-refractivity contribution in [1.82, 2.24) is 0 Å². The fourth-order valence-electron chi connectivity index (χ4n) is 11.0. The van der Waals surface area contributed by atoms with Crippen LogP contribution in [-0.2, 0) is 0 Å². The molecule has 4 aliphatic rings. The van der Waals surface area contributed by atoms with Gasteiger partial charge in [-0.15, -0.1) is 0 Å². The van der Waals surface area contributed by atoms with Crippen molar-refractivity contribution in [3.05, 3.63) is 47.1 Å². The van der Waals surface area contributed by atoms with Crippen LogP contribution >= 0.6 is 0 Å². The highest BCUT2D eigenvalue weighted by Crippen LogP contribution is 2.70. The maximum atomic E-state index is 6.25. The summed E-state index contributed by atoms with van der Waals surface area (Å²) in [4.78, 5) is 0. The lowest BCUT2D eigenvalue weighted by atomic mass is 9.43. The molecule has 0 saturated heterocycles. The van der Waals surface area contributed by atoms with Crippen LogP contribution in [0, 0.1) is 45.8 Å². The Morgan fingerprint density at radius 2 is 1.66 bits per heavy atom. The second-order valence-corrected chi connectivity index (χ2v) is 15.1. The predicted octanol–water partition coefficient (Wildman–Crippen LogP) is 9.92. The summed E-state index contributed by atoms with van der Waals surface area (Å²) in [5.41, 5.74) is 19.7. The maximum absolute atomic E-state index is 6.25. The molecule has 5 rings (SSSR count). The highest BCUT2D eigenvalue weighted by Gasteiger charge is 2.61. The second kappa shape index (κ2) is 10.0. The average Bonchev–Trinajstić information content (AvgIpc) is 3.18. The number of hydrogen-bond donors (Lipinski definition) is 2. The van der Waals surface area contributed by atoms with Gasteiger partial charge in [-0.25, -0.2) is 0 Å². The zero-order valence-corrected chi connectivity index (χ0v) is 25.6. The van der Waals surface area contributed by atoms with Crippen molar-refractivity contribution >= 4 is 11.4 Å². The van der Waals surface area contributed by atoms with E-state index in [1.807, 2.05) is 6.07 Å². The lowest BCUT2D eigenvalue weighted by Gasteiger charge is -2.62. The maximum Gasteiger partial charge on any atom is 0.0337 e. The quantitative estimate of drug-likeness (QED) is 0.292. The van der Waals surface area contributed by atoms with Gasteiger partial charge in [0.2, 0.25) is 0 Å². The second-order valence-electron chi connectivity index (χ2n) is 15.1. The Hall–Kier alpha value is -1.70. The van der Waals surface area contributed by atoms with Gasteiger partial charge < -0.3 is 11.5 Å². The van der Waals surface area contributed by atoms with Crippen molar-refractivity contribution in [3.8, 4) is 0 Å². The SMILES string of the molecule is CCC(CCC=C(C)C)C1CCC2C3CC=C4C(C)(C)C(c5cc(N)cc(N)c5)CCC4(C)C3CCC12C. The number of rotatable bonds is 6. The van der Waals surface area contributed by atoms with Gasteiger partial charge in [-0.3, -0.25) is 0 Å². The van der Waals surface area contributed by atoms with Crippen LogP contribution in [0.25, 0.3) is 0 Å². The van der Waals surface area contributed by atoms with Gasteiger partial charge in [0.25, 0.3) is 0 Å². The first-order chi connectivity index (χ1) is 17.9. The predicted molar refractivity (Wildman–Crippen MR) is 165 cm³/mol. The van der Waals surface area contributed by atoms with Gasteiger partial charge in [-0.1, -0.05) is 64.3 Å². The summed E-state index contributed by atoms with van der Waals surface area (Å²) in [7, 11) is 0. The molecular formula is C36H56N2. The molecule has 0 aliphatic heterocycles. The lowest BCUT2D eigenvalue weighted by Crippen LogP contribution is -2.53. The van der Waals surface area contributed by atoms with E-state index in [2.05, 4.69) is 72.8 Å². The van der Waals surface area contributed by atoms with E-state index >= 15 is 0 Å². The molecule has 0 spiro atoms. The molecule has 0 aromatic heterocycles. The average molecular weight is 517 g/mol. The molecule has 3 saturated carbocycles. The monoisotopic (exact) mass is 516 g/mol. The highest BCUT2D eigenvalue weighted by molar-refractivity contribution is 5.56. The molecule has 0 bridgehead atoms. The van der Waals surface area contributed by atoms with Crippen molar-refractivity contribution in [2.24, 2.45) is 45.8 Å². The van der Waals surface area contributed by atoms with Crippen LogP contribution in [0.2, 0.25) is 0 Å². The number of benzene rings is 1. The molecule has 4 aliphatic carbocycles. The largest absolute Gasteiger partial charge is 0.399 e. The van der Waals surface area contributed by atoms with Crippen LogP contribution in [0.5, 0.6) is 0 Å². The summed E-state index contributed by atoms with van der Waals surface area (Å²) in [6, 6.07) is 6.26. The normalized spacial score (nSPS) is 38.4. The molecule has 0 radical (unpaired) electrons. The summed E-state index contributed by atoms with van der Waals surface area (Å²) in [6.45, 7) is 17.4. The van der Waals surface area contributed by atoms with E-state index in [4.69, 9.17) is 11.5 Å². The Balaban J connectivity index is 1.40. The van der Waals surface area contributed by atoms with Crippen molar-refractivity contribution in [3.63, 3.8) is 0 Å². The zero-order valence-electron chi connectivity index (χ0n) is 25.6. The van der Waals surface area contributed by atoms with Gasteiger partial charge in [0.15, 0.2) is 0 Å². The molecule has 210 valence electrons. The summed E-state index contributed by atoms with van der Waals surface area (Å²) >= 11 is 0. The number of hydrogen-bond acceptors (Lipinski definition) is 2. The Kier molecular flexibility index (Phi) is 7.36. The molecular weight excluding hydrogens is 460 g/mol. The molecule has 1 aromatic carbocycles. The standard InChI is InChI=1S/C36H56N2/c1-8-24(11-9-10-23(2)3)30-13-14-31-28-12-15-33-34(4,5)29(25-20-26(37)22-27(38)21-25)16-19-36(33,7)32(28)17-18-35(30,31)6/h10,15,20-22,24,28-32H,8-9,11-14,16-19,37-38H2,1-7H3. The van der Waals surface area contributed by atoms with E-state index in [9.17, 15) is 0 Å². The van der Waals surface area contributed by atoms with E-state index in [1.54, 1.807) is 5.57 Å². The van der Waals surface area contributed by atoms with Gasteiger partial charge in [0.05, 0.1) is 0 Å². The summed E-state index contributed by atoms with van der Waals surface area (Å²) in [5, 5.41) is 0. The van der Waals surface area contributed by atoms with Crippen molar-refractivity contribution in [2.45, 2.75) is 119 Å². The van der Waals surface area contributed by atoms with E-state index in [0.29, 0.717) is 16.7 Å². The smallest absolute Gasteiger partial charge is 0.0337 e. The first-order valence-electron chi connectivity index (χ1n) is 15.9. The van der Waals surface area contributed by atoms with E-state index in [0.717, 1.165) is 41.0 Å². The zero-order chi connectivity index (χ0) is 27.5. The van der Waals surface area contributed by atoms with Crippen LogP contribution < -0.4 is 11.5 Å². The molecule has 8 unspecified atom stereocenters. The molecule has 8 atom stereocenters. The third-order valence-electron chi connectivity index (χ3n) is 12.6. The molecule has 2 heteroatoms. The molecule has 3 fully saturated rings. The number of anilines is 2. The summed E-state index contributed by atoms with van der Waals surface area (Å²) in [5.74, 6) is 4.92. The van der Waals surface area contributed by atoms with Gasteiger partial charge in [0, 0.05) is 11.4 Å². The van der Waals surface area contributed by atoms with Crippen LogP contribution in [0.4, 0.5) is 11.4 Å². The number of nitrogen functional groups attached to an aromatic ring is 2. The Morgan fingerprint density at radius 1 is 0.947 bits per heavy atom. The third-order valence-corrected chi connectivity index (χ3v) is 12.6. The van der Waals surface area contributed by atoms with Crippen LogP contribution in [0.3, 0.4) is 0 Å². The van der Waals surface area contributed by atoms with Crippen molar-refractivity contribution in [2.75, 3.05) is 11.5 Å². The number of allylic oxidation sites excluding steroid dienone is 4. The molecule has 1 aromatic rings. The van der Waals surface area contributed by atoms with E-state index in [-0.39, 0.29) is 5.41 Å². The first-order valence-corrected chi connectivity index (χ1v) is 15.9. The van der Waals surface area contributed by atoms with E-state index < -0.39 is 0 Å². The molecule has 0 amide bonds. The van der Waals surface area contributed by atoms with Crippen LogP contribution in [0.1, 0.15) is 124 Å². The van der Waals surface area contributed by atoms with E-state index in [1.165, 1.54) is 75.3 Å². The van der Waals surface area contributed by atoms with Gasteiger partial charge in [0.1, 0.15) is 0 Å². The van der Waals surface area contributed by atoms with Gasteiger partial charge in [-0.2, -0.15) is 0 Å². The topological polar surface area (TPSA) is 52.0 Å². The van der Waals surface area contributed by atoms with Crippen LogP contribution in [-0.4, -0.2) is 0 Å². The van der Waals surface area contributed by atoms with Crippen molar-refractivity contribution < 1.29 is 0 Å². The van der Waals surface area contributed by atoms with Crippen LogP contribution in [0.15, 0.2) is 41.5 Å².